The van der Waals surface area contributed by atoms with Crippen molar-refractivity contribution in [2.45, 2.75) is 68.3 Å². The molecule has 4 rings (SSSR count). The van der Waals surface area contributed by atoms with E-state index in [1.165, 1.54) is 0 Å². The summed E-state index contributed by atoms with van der Waals surface area (Å²) in [5.74, 6) is 0.964. The number of pyridine rings is 1. The summed E-state index contributed by atoms with van der Waals surface area (Å²) in [4.78, 5) is 4.98. The fourth-order valence-electron chi connectivity index (χ4n) is 3.88. The Kier molecular flexibility index (Phi) is 6.92. The summed E-state index contributed by atoms with van der Waals surface area (Å²) in [5.41, 5.74) is -0.144. The van der Waals surface area contributed by atoms with Gasteiger partial charge in [0.15, 0.2) is 0 Å². The van der Waals surface area contributed by atoms with Crippen molar-refractivity contribution >= 4 is 46.9 Å². The molecule has 2 atom stereocenters. The van der Waals surface area contributed by atoms with Gasteiger partial charge in [0, 0.05) is 16.3 Å². The fourth-order valence-corrected chi connectivity index (χ4v) is 5.68. The van der Waals surface area contributed by atoms with Crippen LogP contribution in [0.4, 0.5) is 4.39 Å². The maximum absolute atomic E-state index is 14.9. The highest BCUT2D eigenvalue weighted by molar-refractivity contribution is 14.1. The zero-order valence-corrected chi connectivity index (χ0v) is 21.3. The summed E-state index contributed by atoms with van der Waals surface area (Å²) in [7, 11) is -0.541. The Bertz CT molecular complexity index is 929. The lowest BCUT2D eigenvalue weighted by Crippen LogP contribution is -2.41. The molecule has 0 amide bonds. The van der Waals surface area contributed by atoms with Crippen LogP contribution in [-0.2, 0) is 9.31 Å². The Hall–Kier alpha value is -0.835. The zero-order chi connectivity index (χ0) is 22.2. The number of halogens is 2. The molecule has 0 N–H and O–H groups in total. The van der Waals surface area contributed by atoms with Crippen LogP contribution in [0.3, 0.4) is 0 Å². The lowest BCUT2D eigenvalue weighted by molar-refractivity contribution is 0.00578. The van der Waals surface area contributed by atoms with Crippen molar-refractivity contribution < 1.29 is 18.4 Å². The molecule has 0 spiro atoms. The molecule has 1 aliphatic heterocycles. The molecule has 1 aromatic carbocycles. The van der Waals surface area contributed by atoms with E-state index in [1.807, 2.05) is 52.0 Å². The van der Waals surface area contributed by atoms with Crippen molar-refractivity contribution in [3.63, 3.8) is 0 Å². The van der Waals surface area contributed by atoms with Crippen LogP contribution in [-0.4, -0.2) is 35.2 Å². The minimum absolute atomic E-state index is 0.208. The first-order chi connectivity index (χ1) is 14.6. The molecule has 1 saturated carbocycles. The molecule has 1 aliphatic carbocycles. The zero-order valence-electron chi connectivity index (χ0n) is 18.4. The van der Waals surface area contributed by atoms with E-state index in [1.54, 1.807) is 24.0 Å². The lowest BCUT2D eigenvalue weighted by Gasteiger charge is -2.32. The Labute approximate surface area is 202 Å². The Morgan fingerprint density at radius 1 is 1.19 bits per heavy atom. The maximum atomic E-state index is 14.9. The summed E-state index contributed by atoms with van der Waals surface area (Å²) in [6, 6.07) is 9.24. The largest absolute Gasteiger partial charge is 0.494 e. The lowest BCUT2D eigenvalue weighted by atomic mass is 9.79. The van der Waals surface area contributed by atoms with Crippen molar-refractivity contribution in [3.8, 4) is 5.88 Å². The van der Waals surface area contributed by atoms with E-state index in [0.29, 0.717) is 28.6 Å². The average Bonchev–Trinajstić information content (AvgIpc) is 3.23. The minimum atomic E-state index is -0.541. The van der Waals surface area contributed by atoms with Crippen LogP contribution in [0.1, 0.15) is 47.0 Å². The maximum Gasteiger partial charge on any atom is 0.494 e. The molecule has 4 nitrogen and oxygen atoms in total. The number of hydrogen-bond donors (Lipinski definition) is 0. The number of hydrogen-bond acceptors (Lipinski definition) is 5. The third-order valence-electron chi connectivity index (χ3n) is 6.45. The van der Waals surface area contributed by atoms with Crippen molar-refractivity contribution in [3.05, 3.63) is 45.9 Å². The highest BCUT2D eigenvalue weighted by atomic mass is 127. The molecule has 0 bridgehead atoms. The van der Waals surface area contributed by atoms with Gasteiger partial charge in [-0.05, 0) is 105 Å². The van der Waals surface area contributed by atoms with Crippen LogP contribution in [0.15, 0.2) is 41.4 Å². The van der Waals surface area contributed by atoms with E-state index in [0.717, 1.165) is 28.3 Å². The van der Waals surface area contributed by atoms with Crippen molar-refractivity contribution in [1.82, 2.24) is 4.98 Å². The van der Waals surface area contributed by atoms with E-state index in [2.05, 4.69) is 27.6 Å². The first kappa shape index (κ1) is 23.3. The average molecular weight is 555 g/mol. The summed E-state index contributed by atoms with van der Waals surface area (Å²) in [6.07, 6.45) is 4.93. The van der Waals surface area contributed by atoms with Crippen LogP contribution in [0.2, 0.25) is 0 Å². The van der Waals surface area contributed by atoms with E-state index in [-0.39, 0.29) is 5.82 Å². The van der Waals surface area contributed by atoms with Crippen LogP contribution >= 0.6 is 34.4 Å². The van der Waals surface area contributed by atoms with Gasteiger partial charge >= 0.3 is 7.12 Å². The van der Waals surface area contributed by atoms with Gasteiger partial charge < -0.3 is 14.0 Å². The molecule has 8 heteroatoms. The van der Waals surface area contributed by atoms with Gasteiger partial charge in [0.2, 0.25) is 5.88 Å². The number of benzene rings is 1. The molecular weight excluding hydrogens is 527 g/mol. The standard InChI is InChI=1S/C23H28BFINO3S/c1-22(2)23(3,4)30-24(29-22)16-8-10-20(18(25)13-16)31-17-9-7-15(12-17)14-28-21-19(26)6-5-11-27-21/h5-6,8,10-11,13,15,17H,7,9,12,14H2,1-4H3. The van der Waals surface area contributed by atoms with E-state index in [4.69, 9.17) is 14.0 Å². The molecule has 31 heavy (non-hydrogen) atoms. The molecule has 2 aromatic rings. The second-order valence-electron chi connectivity index (χ2n) is 9.30. The molecule has 1 aromatic heterocycles. The molecule has 2 fully saturated rings. The summed E-state index contributed by atoms with van der Waals surface area (Å²) in [5, 5.41) is 0.397. The molecule has 2 aliphatic rings. The first-order valence-corrected chi connectivity index (χ1v) is 12.7. The number of rotatable bonds is 6. The second-order valence-corrected chi connectivity index (χ2v) is 11.8. The summed E-state index contributed by atoms with van der Waals surface area (Å²) >= 11 is 3.87. The molecular formula is C23H28BFINO3S. The molecule has 2 heterocycles. The number of aromatic nitrogens is 1. The van der Waals surface area contributed by atoms with Crippen LogP contribution in [0.25, 0.3) is 0 Å². The number of thioether (sulfide) groups is 1. The van der Waals surface area contributed by atoms with Gasteiger partial charge in [-0.3, -0.25) is 0 Å². The Morgan fingerprint density at radius 2 is 1.94 bits per heavy atom. The summed E-state index contributed by atoms with van der Waals surface area (Å²) in [6.45, 7) is 8.67. The topological polar surface area (TPSA) is 40.6 Å². The minimum Gasteiger partial charge on any atom is -0.477 e. The Balaban J connectivity index is 1.33. The van der Waals surface area contributed by atoms with Gasteiger partial charge in [-0.25, -0.2) is 9.37 Å². The van der Waals surface area contributed by atoms with Crippen LogP contribution < -0.4 is 10.2 Å². The molecule has 1 saturated heterocycles. The molecule has 2 unspecified atom stereocenters. The molecule has 0 radical (unpaired) electrons. The predicted octanol–water partition coefficient (Wildman–Crippen LogP) is 5.46. The fraction of sp³-hybridized carbons (Fsp3) is 0.522. The van der Waals surface area contributed by atoms with Gasteiger partial charge in [-0.1, -0.05) is 6.07 Å². The molecule has 166 valence electrons. The van der Waals surface area contributed by atoms with Gasteiger partial charge in [-0.2, -0.15) is 0 Å². The van der Waals surface area contributed by atoms with Gasteiger partial charge in [0.05, 0.1) is 21.4 Å². The van der Waals surface area contributed by atoms with Crippen molar-refractivity contribution in [1.29, 1.82) is 0 Å². The number of nitrogens with zero attached hydrogens (tertiary/aromatic N) is 1. The van der Waals surface area contributed by atoms with Crippen molar-refractivity contribution in [2.24, 2.45) is 5.92 Å². The Morgan fingerprint density at radius 3 is 2.61 bits per heavy atom. The monoisotopic (exact) mass is 555 g/mol. The van der Waals surface area contributed by atoms with Gasteiger partial charge in [-0.15, -0.1) is 11.8 Å². The van der Waals surface area contributed by atoms with Gasteiger partial charge in [0.1, 0.15) is 5.82 Å². The van der Waals surface area contributed by atoms with Crippen molar-refractivity contribution in [2.75, 3.05) is 6.61 Å². The van der Waals surface area contributed by atoms with Crippen LogP contribution in [0.5, 0.6) is 5.88 Å². The number of ether oxygens (including phenoxy) is 1. The first-order valence-electron chi connectivity index (χ1n) is 10.7. The second kappa shape index (κ2) is 9.19. The van der Waals surface area contributed by atoms with E-state index < -0.39 is 18.3 Å². The summed E-state index contributed by atoms with van der Waals surface area (Å²) < 4.78 is 33.9. The third kappa shape index (κ3) is 5.23. The quantitative estimate of drug-likeness (QED) is 0.350. The van der Waals surface area contributed by atoms with E-state index in [9.17, 15) is 4.39 Å². The highest BCUT2D eigenvalue weighted by Crippen LogP contribution is 2.40. The van der Waals surface area contributed by atoms with E-state index >= 15 is 0 Å². The van der Waals surface area contributed by atoms with Crippen LogP contribution in [0, 0.1) is 15.3 Å². The normalized spacial score (nSPS) is 24.5. The van der Waals surface area contributed by atoms with Gasteiger partial charge in [0.25, 0.3) is 0 Å². The predicted molar refractivity (Wildman–Crippen MR) is 132 cm³/mol. The third-order valence-corrected chi connectivity index (χ3v) is 8.62. The SMILES string of the molecule is CC1(C)OB(c2ccc(SC3CCC(COc4ncccc4I)C3)c(F)c2)OC1(C)C. The highest BCUT2D eigenvalue weighted by Gasteiger charge is 2.51. The smallest absolute Gasteiger partial charge is 0.477 e.